The van der Waals surface area contributed by atoms with E-state index in [0.717, 1.165) is 11.1 Å². The highest BCUT2D eigenvalue weighted by atomic mass is 16.3. The first-order valence-corrected chi connectivity index (χ1v) is 6.69. The Hall–Kier alpha value is -2.40. The zero-order valence-electron chi connectivity index (χ0n) is 12.2. The van der Waals surface area contributed by atoms with Gasteiger partial charge in [-0.1, -0.05) is 30.3 Å². The first-order valence-electron chi connectivity index (χ1n) is 6.69. The van der Waals surface area contributed by atoms with Gasteiger partial charge in [-0.05, 0) is 18.6 Å². The maximum Gasteiger partial charge on any atom is 0.244 e. The van der Waals surface area contributed by atoms with Gasteiger partial charge in [0.1, 0.15) is 0 Å². The Bertz CT molecular complexity index is 634. The summed E-state index contributed by atoms with van der Waals surface area (Å²) < 4.78 is 1.67. The van der Waals surface area contributed by atoms with Crippen LogP contribution in [0.3, 0.4) is 0 Å². The van der Waals surface area contributed by atoms with Crippen LogP contribution < -0.4 is 5.32 Å². The van der Waals surface area contributed by atoms with Gasteiger partial charge in [0, 0.05) is 24.9 Å². The normalized spacial score (nSPS) is 14.0. The lowest BCUT2D eigenvalue weighted by atomic mass is 9.93. The molecule has 0 saturated carbocycles. The third-order valence-corrected chi connectivity index (χ3v) is 3.28. The van der Waals surface area contributed by atoms with Crippen LogP contribution in [0.15, 0.2) is 48.8 Å². The number of nitrogens with one attached hydrogen (secondary N) is 1. The van der Waals surface area contributed by atoms with Gasteiger partial charge in [0.2, 0.25) is 5.91 Å². The first kappa shape index (κ1) is 15.0. The van der Waals surface area contributed by atoms with Crippen LogP contribution in [0.2, 0.25) is 0 Å². The second-order valence-corrected chi connectivity index (χ2v) is 5.13. The molecule has 0 radical (unpaired) electrons. The maximum atomic E-state index is 12.0. The van der Waals surface area contributed by atoms with E-state index in [1.54, 1.807) is 23.9 Å². The van der Waals surface area contributed by atoms with Gasteiger partial charge in [0.25, 0.3) is 0 Å². The average Bonchev–Trinajstić information content (AvgIpc) is 2.91. The number of benzene rings is 1. The SMILES string of the molecule is Cn1cc(/C=C/C(=O)NC(C)(CO)c2ccccc2)cn1. The van der Waals surface area contributed by atoms with Gasteiger partial charge in [-0.3, -0.25) is 9.48 Å². The molecule has 0 bridgehead atoms. The molecule has 1 aromatic carbocycles. The van der Waals surface area contributed by atoms with Crippen molar-refractivity contribution >= 4 is 12.0 Å². The Morgan fingerprint density at radius 2 is 2.14 bits per heavy atom. The van der Waals surface area contributed by atoms with E-state index >= 15 is 0 Å². The van der Waals surface area contributed by atoms with Crippen molar-refractivity contribution in [3.8, 4) is 0 Å². The predicted molar refractivity (Wildman–Crippen MR) is 81.3 cm³/mol. The molecule has 5 nitrogen and oxygen atoms in total. The number of aliphatic hydroxyl groups excluding tert-OH is 1. The largest absolute Gasteiger partial charge is 0.394 e. The Morgan fingerprint density at radius 3 is 2.71 bits per heavy atom. The molecule has 1 heterocycles. The van der Waals surface area contributed by atoms with E-state index in [1.807, 2.05) is 43.6 Å². The zero-order valence-corrected chi connectivity index (χ0v) is 12.2. The summed E-state index contributed by atoms with van der Waals surface area (Å²) in [7, 11) is 1.82. The molecule has 1 aromatic heterocycles. The highest BCUT2D eigenvalue weighted by Crippen LogP contribution is 2.19. The van der Waals surface area contributed by atoms with Crippen LogP contribution in [-0.2, 0) is 17.4 Å². The van der Waals surface area contributed by atoms with Crippen molar-refractivity contribution in [2.45, 2.75) is 12.5 Å². The number of aryl methyl sites for hydroxylation is 1. The molecule has 0 saturated heterocycles. The number of carbonyl (C=O) groups excluding carboxylic acids is 1. The quantitative estimate of drug-likeness (QED) is 0.817. The summed E-state index contributed by atoms with van der Waals surface area (Å²) in [6.45, 7) is 1.61. The Kier molecular flexibility index (Phi) is 4.55. The number of rotatable bonds is 5. The fourth-order valence-electron chi connectivity index (χ4n) is 2.02. The molecule has 0 aliphatic heterocycles. The number of nitrogens with zero attached hydrogens (tertiary/aromatic N) is 2. The summed E-state index contributed by atoms with van der Waals surface area (Å²) in [6, 6.07) is 9.40. The first-order chi connectivity index (χ1) is 10.0. The molecular formula is C16H19N3O2. The molecule has 110 valence electrons. The van der Waals surface area contributed by atoms with Crippen LogP contribution >= 0.6 is 0 Å². The van der Waals surface area contributed by atoms with E-state index in [-0.39, 0.29) is 12.5 Å². The molecule has 0 aliphatic carbocycles. The molecule has 1 atom stereocenters. The highest BCUT2D eigenvalue weighted by Gasteiger charge is 2.26. The van der Waals surface area contributed by atoms with Crippen molar-refractivity contribution in [1.82, 2.24) is 15.1 Å². The average molecular weight is 285 g/mol. The topological polar surface area (TPSA) is 67.2 Å². The van der Waals surface area contributed by atoms with Gasteiger partial charge in [-0.2, -0.15) is 5.10 Å². The third kappa shape index (κ3) is 3.79. The lowest BCUT2D eigenvalue weighted by molar-refractivity contribution is -0.118. The van der Waals surface area contributed by atoms with Crippen molar-refractivity contribution < 1.29 is 9.90 Å². The van der Waals surface area contributed by atoms with Gasteiger partial charge in [-0.15, -0.1) is 0 Å². The summed E-state index contributed by atoms with van der Waals surface area (Å²) in [4.78, 5) is 12.0. The van der Waals surface area contributed by atoms with E-state index in [9.17, 15) is 9.90 Å². The Balaban J connectivity index is 2.08. The van der Waals surface area contributed by atoms with E-state index < -0.39 is 5.54 Å². The summed E-state index contributed by atoms with van der Waals surface area (Å²) in [5.74, 6) is -0.265. The molecule has 0 aliphatic rings. The minimum absolute atomic E-state index is 0.177. The van der Waals surface area contributed by atoms with Crippen molar-refractivity contribution in [2.24, 2.45) is 7.05 Å². The molecule has 0 fully saturated rings. The molecule has 5 heteroatoms. The fraction of sp³-hybridized carbons (Fsp3) is 0.250. The molecule has 21 heavy (non-hydrogen) atoms. The smallest absolute Gasteiger partial charge is 0.244 e. The third-order valence-electron chi connectivity index (χ3n) is 3.28. The standard InChI is InChI=1S/C16H19N3O2/c1-16(12-20,14-6-4-3-5-7-14)18-15(21)9-8-13-10-17-19(2)11-13/h3-11,20H,12H2,1-2H3,(H,18,21)/b9-8+. The minimum Gasteiger partial charge on any atom is -0.394 e. The monoisotopic (exact) mass is 285 g/mol. The number of hydrogen-bond donors (Lipinski definition) is 2. The van der Waals surface area contributed by atoms with Gasteiger partial charge in [0.15, 0.2) is 0 Å². The van der Waals surface area contributed by atoms with Gasteiger partial charge >= 0.3 is 0 Å². The van der Waals surface area contributed by atoms with Crippen LogP contribution in [0, 0.1) is 0 Å². The van der Waals surface area contributed by atoms with Crippen LogP contribution in [0.5, 0.6) is 0 Å². The van der Waals surface area contributed by atoms with Crippen LogP contribution in [-0.4, -0.2) is 27.4 Å². The van der Waals surface area contributed by atoms with E-state index in [2.05, 4.69) is 10.4 Å². The molecule has 1 amide bonds. The Morgan fingerprint density at radius 1 is 1.43 bits per heavy atom. The van der Waals surface area contributed by atoms with Gasteiger partial charge < -0.3 is 10.4 Å². The lowest BCUT2D eigenvalue weighted by Crippen LogP contribution is -2.45. The van der Waals surface area contributed by atoms with Crippen LogP contribution in [0.4, 0.5) is 0 Å². The lowest BCUT2D eigenvalue weighted by Gasteiger charge is -2.28. The summed E-state index contributed by atoms with van der Waals surface area (Å²) >= 11 is 0. The molecule has 2 aromatic rings. The number of aromatic nitrogens is 2. The predicted octanol–water partition coefficient (Wildman–Crippen LogP) is 1.46. The molecular weight excluding hydrogens is 266 g/mol. The fourth-order valence-corrected chi connectivity index (χ4v) is 2.02. The number of amides is 1. The molecule has 0 spiro atoms. The van der Waals surface area contributed by atoms with Crippen molar-refractivity contribution in [2.75, 3.05) is 6.61 Å². The Labute approximate surface area is 123 Å². The van der Waals surface area contributed by atoms with E-state index in [0.29, 0.717) is 0 Å². The number of aliphatic hydroxyl groups is 1. The number of hydrogen-bond acceptors (Lipinski definition) is 3. The van der Waals surface area contributed by atoms with Crippen molar-refractivity contribution in [3.63, 3.8) is 0 Å². The molecule has 1 unspecified atom stereocenters. The van der Waals surface area contributed by atoms with Gasteiger partial charge in [0.05, 0.1) is 18.3 Å². The van der Waals surface area contributed by atoms with Gasteiger partial charge in [-0.25, -0.2) is 0 Å². The van der Waals surface area contributed by atoms with Crippen molar-refractivity contribution in [3.05, 3.63) is 59.9 Å². The summed E-state index contributed by atoms with van der Waals surface area (Å²) in [5.41, 5.74) is 0.895. The minimum atomic E-state index is -0.808. The molecule has 2 N–H and O–H groups in total. The van der Waals surface area contributed by atoms with Crippen LogP contribution in [0.25, 0.3) is 6.08 Å². The molecule has 2 rings (SSSR count). The second-order valence-electron chi connectivity index (χ2n) is 5.13. The van der Waals surface area contributed by atoms with E-state index in [1.165, 1.54) is 6.08 Å². The second kappa shape index (κ2) is 6.37. The highest BCUT2D eigenvalue weighted by molar-refractivity contribution is 5.92. The zero-order chi connectivity index (χ0) is 15.3. The summed E-state index contributed by atoms with van der Waals surface area (Å²) in [6.07, 6.45) is 6.61. The van der Waals surface area contributed by atoms with Crippen LogP contribution in [0.1, 0.15) is 18.1 Å². The number of carbonyl (C=O) groups is 1. The maximum absolute atomic E-state index is 12.0. The van der Waals surface area contributed by atoms with Crippen molar-refractivity contribution in [1.29, 1.82) is 0 Å². The summed E-state index contributed by atoms with van der Waals surface area (Å²) in [5, 5.41) is 16.5. The van der Waals surface area contributed by atoms with E-state index in [4.69, 9.17) is 0 Å².